The van der Waals surface area contributed by atoms with Crippen LogP contribution in [0.2, 0.25) is 0 Å². The molecule has 0 aromatic heterocycles. The highest BCUT2D eigenvalue weighted by Gasteiger charge is 2.16. The van der Waals surface area contributed by atoms with Gasteiger partial charge < -0.3 is 10.1 Å². The molecule has 1 N–H and O–H groups in total. The molecule has 2 aromatic rings. The highest BCUT2D eigenvalue weighted by Crippen LogP contribution is 2.20. The number of nitrogens with zero attached hydrogens (tertiary/aromatic N) is 1. The molecule has 0 saturated carbocycles. The minimum absolute atomic E-state index is 0.0785. The second kappa shape index (κ2) is 7.40. The summed E-state index contributed by atoms with van der Waals surface area (Å²) in [5, 5.41) is 13.5. The van der Waals surface area contributed by atoms with E-state index in [1.807, 2.05) is 24.3 Å². The summed E-state index contributed by atoms with van der Waals surface area (Å²) in [7, 11) is 0. The third kappa shape index (κ3) is 4.54. The van der Waals surface area contributed by atoms with Crippen molar-refractivity contribution in [1.29, 1.82) is 0 Å². The zero-order chi connectivity index (χ0) is 16.8. The number of ether oxygens (including phenoxy) is 1. The molecular weight excluding hydrogens is 296 g/mol. The molecule has 0 aliphatic heterocycles. The van der Waals surface area contributed by atoms with Crippen molar-refractivity contribution >= 4 is 17.3 Å². The van der Waals surface area contributed by atoms with E-state index < -0.39 is 11.0 Å². The summed E-state index contributed by atoms with van der Waals surface area (Å²) < 4.78 is 5.47. The van der Waals surface area contributed by atoms with E-state index >= 15 is 0 Å². The van der Waals surface area contributed by atoms with E-state index in [2.05, 4.69) is 12.2 Å². The fourth-order valence-corrected chi connectivity index (χ4v) is 2.00. The van der Waals surface area contributed by atoms with Crippen molar-refractivity contribution in [2.75, 3.05) is 5.32 Å². The van der Waals surface area contributed by atoms with E-state index in [9.17, 15) is 14.9 Å². The van der Waals surface area contributed by atoms with Crippen molar-refractivity contribution in [3.8, 4) is 5.75 Å². The van der Waals surface area contributed by atoms with Gasteiger partial charge in [0.1, 0.15) is 5.75 Å². The van der Waals surface area contributed by atoms with E-state index in [1.165, 1.54) is 23.8 Å². The molecule has 120 valence electrons. The van der Waals surface area contributed by atoms with Crippen LogP contribution in [-0.2, 0) is 11.2 Å². The van der Waals surface area contributed by atoms with Crippen molar-refractivity contribution in [1.82, 2.24) is 0 Å². The maximum atomic E-state index is 12.1. The van der Waals surface area contributed by atoms with E-state index in [-0.39, 0.29) is 17.3 Å². The second-order valence-corrected chi connectivity index (χ2v) is 5.05. The number of aryl methyl sites for hydroxylation is 1. The van der Waals surface area contributed by atoms with Gasteiger partial charge in [0.05, 0.1) is 11.0 Å². The fraction of sp³-hybridized carbons (Fsp3) is 0.235. The summed E-state index contributed by atoms with van der Waals surface area (Å²) >= 11 is 0. The number of carbonyl (C=O) groups excluding carboxylic acids is 1. The van der Waals surface area contributed by atoms with Crippen LogP contribution in [0, 0.1) is 10.1 Å². The molecule has 0 radical (unpaired) electrons. The van der Waals surface area contributed by atoms with Crippen molar-refractivity contribution in [2.45, 2.75) is 26.4 Å². The van der Waals surface area contributed by atoms with E-state index in [4.69, 9.17) is 4.74 Å². The molecule has 0 unspecified atom stereocenters. The number of hydrogen-bond donors (Lipinski definition) is 1. The Morgan fingerprint density at radius 3 is 2.57 bits per heavy atom. The van der Waals surface area contributed by atoms with Crippen molar-refractivity contribution in [3.05, 3.63) is 64.2 Å². The molecule has 0 saturated heterocycles. The van der Waals surface area contributed by atoms with Crippen LogP contribution in [0.15, 0.2) is 48.5 Å². The third-order valence-electron chi connectivity index (χ3n) is 3.34. The van der Waals surface area contributed by atoms with Gasteiger partial charge >= 0.3 is 0 Å². The fourth-order valence-electron chi connectivity index (χ4n) is 2.00. The van der Waals surface area contributed by atoms with Crippen LogP contribution in [0.1, 0.15) is 19.4 Å². The van der Waals surface area contributed by atoms with E-state index in [0.29, 0.717) is 5.69 Å². The number of nitro benzene ring substituents is 1. The van der Waals surface area contributed by atoms with E-state index in [0.717, 1.165) is 6.42 Å². The molecule has 0 fully saturated rings. The minimum atomic E-state index is -0.775. The summed E-state index contributed by atoms with van der Waals surface area (Å²) in [6, 6.07) is 13.3. The van der Waals surface area contributed by atoms with Gasteiger partial charge in [-0.15, -0.1) is 0 Å². The lowest BCUT2D eigenvalue weighted by atomic mass is 10.1. The second-order valence-electron chi connectivity index (χ2n) is 5.05. The molecule has 6 heteroatoms. The Morgan fingerprint density at radius 2 is 1.96 bits per heavy atom. The SMILES string of the molecule is CCc1ccc(NC(=O)[C@@H](C)Oc2cccc([N+](=O)[O-])c2)cc1. The molecule has 1 amide bonds. The lowest BCUT2D eigenvalue weighted by Gasteiger charge is -2.14. The molecule has 0 spiro atoms. The molecular formula is C17H18N2O4. The highest BCUT2D eigenvalue weighted by atomic mass is 16.6. The first-order valence-corrected chi connectivity index (χ1v) is 7.30. The van der Waals surface area contributed by atoms with Gasteiger partial charge in [0.25, 0.3) is 11.6 Å². The van der Waals surface area contributed by atoms with Gasteiger partial charge in [-0.25, -0.2) is 0 Å². The summed E-state index contributed by atoms with van der Waals surface area (Å²) in [6.07, 6.45) is 0.156. The zero-order valence-corrected chi connectivity index (χ0v) is 13.0. The first kappa shape index (κ1) is 16.5. The molecule has 0 aliphatic carbocycles. The zero-order valence-electron chi connectivity index (χ0n) is 13.0. The Labute approximate surface area is 134 Å². The number of benzene rings is 2. The van der Waals surface area contributed by atoms with Gasteiger partial charge in [0.15, 0.2) is 6.10 Å². The predicted molar refractivity (Wildman–Crippen MR) is 87.6 cm³/mol. The third-order valence-corrected chi connectivity index (χ3v) is 3.34. The quantitative estimate of drug-likeness (QED) is 0.653. The molecule has 2 aromatic carbocycles. The van der Waals surface area contributed by atoms with Crippen LogP contribution < -0.4 is 10.1 Å². The maximum absolute atomic E-state index is 12.1. The summed E-state index contributed by atoms with van der Waals surface area (Å²) in [5.41, 5.74) is 1.79. The largest absolute Gasteiger partial charge is 0.481 e. The van der Waals surface area contributed by atoms with Gasteiger partial charge in [-0.2, -0.15) is 0 Å². The highest BCUT2D eigenvalue weighted by molar-refractivity contribution is 5.94. The molecule has 0 heterocycles. The smallest absolute Gasteiger partial charge is 0.273 e. The van der Waals surface area contributed by atoms with E-state index in [1.54, 1.807) is 13.0 Å². The molecule has 23 heavy (non-hydrogen) atoms. The molecule has 1 atom stereocenters. The number of non-ortho nitro benzene ring substituents is 1. The summed E-state index contributed by atoms with van der Waals surface area (Å²) in [4.78, 5) is 22.3. The van der Waals surface area contributed by atoms with Crippen LogP contribution >= 0.6 is 0 Å². The number of carbonyl (C=O) groups is 1. The van der Waals surface area contributed by atoms with Crippen molar-refractivity contribution < 1.29 is 14.5 Å². The Balaban J connectivity index is 1.99. The normalized spacial score (nSPS) is 11.6. The van der Waals surface area contributed by atoms with Crippen molar-refractivity contribution in [2.24, 2.45) is 0 Å². The Hall–Kier alpha value is -2.89. The minimum Gasteiger partial charge on any atom is -0.481 e. The number of nitrogens with one attached hydrogen (secondary N) is 1. The average molecular weight is 314 g/mol. The molecule has 0 bridgehead atoms. The van der Waals surface area contributed by atoms with Crippen LogP contribution in [0.5, 0.6) is 5.75 Å². The van der Waals surface area contributed by atoms with Crippen LogP contribution in [-0.4, -0.2) is 16.9 Å². The Morgan fingerprint density at radius 1 is 1.26 bits per heavy atom. The summed E-state index contributed by atoms with van der Waals surface area (Å²) in [5.74, 6) is -0.0380. The Kier molecular flexibility index (Phi) is 5.30. The van der Waals surface area contributed by atoms with Crippen molar-refractivity contribution in [3.63, 3.8) is 0 Å². The summed E-state index contributed by atoms with van der Waals surface area (Å²) in [6.45, 7) is 3.65. The average Bonchev–Trinajstić information content (AvgIpc) is 2.55. The van der Waals surface area contributed by atoms with Gasteiger partial charge in [0.2, 0.25) is 0 Å². The van der Waals surface area contributed by atoms with Crippen LogP contribution in [0.4, 0.5) is 11.4 Å². The number of hydrogen-bond acceptors (Lipinski definition) is 4. The standard InChI is InChI=1S/C17H18N2O4/c1-3-13-7-9-14(10-8-13)18-17(20)12(2)23-16-6-4-5-15(11-16)19(21)22/h4-12H,3H2,1-2H3,(H,18,20)/t12-/m1/s1. The molecule has 2 rings (SSSR count). The lowest BCUT2D eigenvalue weighted by Crippen LogP contribution is -2.30. The van der Waals surface area contributed by atoms with Crippen LogP contribution in [0.25, 0.3) is 0 Å². The van der Waals surface area contributed by atoms with Crippen LogP contribution in [0.3, 0.4) is 0 Å². The first-order chi connectivity index (χ1) is 11.0. The number of nitro groups is 1. The Bertz CT molecular complexity index is 698. The first-order valence-electron chi connectivity index (χ1n) is 7.30. The van der Waals surface area contributed by atoms with Gasteiger partial charge in [-0.3, -0.25) is 14.9 Å². The van der Waals surface area contributed by atoms with Gasteiger partial charge in [0, 0.05) is 11.8 Å². The lowest BCUT2D eigenvalue weighted by molar-refractivity contribution is -0.384. The van der Waals surface area contributed by atoms with Gasteiger partial charge in [-0.05, 0) is 37.1 Å². The number of rotatable bonds is 6. The number of anilines is 1. The monoisotopic (exact) mass is 314 g/mol. The molecule has 6 nitrogen and oxygen atoms in total. The molecule has 0 aliphatic rings. The van der Waals surface area contributed by atoms with Gasteiger partial charge in [-0.1, -0.05) is 25.1 Å². The maximum Gasteiger partial charge on any atom is 0.273 e. The number of amides is 1. The predicted octanol–water partition coefficient (Wildman–Crippen LogP) is 3.56. The topological polar surface area (TPSA) is 81.5 Å².